The molecule has 0 atom stereocenters. The van der Waals surface area contributed by atoms with Crippen LogP contribution < -0.4 is 31.4 Å². The summed E-state index contributed by atoms with van der Waals surface area (Å²) in [6.45, 7) is 0. The van der Waals surface area contributed by atoms with Crippen LogP contribution in [-0.2, 0) is 10.8 Å². The molecule has 0 heterocycles. The van der Waals surface area contributed by atoms with E-state index in [-0.39, 0.29) is 45.1 Å². The monoisotopic (exact) mass is 715 g/mol. The Labute approximate surface area is 310 Å². The first kappa shape index (κ1) is 32.7. The quantitative estimate of drug-likeness (QED) is 0.0769. The van der Waals surface area contributed by atoms with Crippen molar-refractivity contribution in [3.05, 3.63) is 71.8 Å². The summed E-state index contributed by atoms with van der Waals surface area (Å²) in [6.07, 6.45) is 14.1. The SMILES string of the molecule is Nc1cc(Oc2cc(Oc3ccc(O)c(N)c3)c(C34CC5CC(CC(C5)C3)C4)c(Oc3ccc(O)c(N)c3)c2C23CC4CC(CC(C4)C2)C3)ccc1O. The van der Waals surface area contributed by atoms with Gasteiger partial charge in [0, 0.05) is 46.2 Å². The largest absolute Gasteiger partial charge is 0.506 e. The number of phenolic OH excluding ortho intramolecular Hbond substituents is 3. The van der Waals surface area contributed by atoms with E-state index in [1.54, 1.807) is 54.6 Å². The second kappa shape index (κ2) is 11.8. The fourth-order valence-electron chi connectivity index (χ4n) is 12.9. The summed E-state index contributed by atoms with van der Waals surface area (Å²) in [5, 5.41) is 31.1. The Bertz CT molecular complexity index is 1940. The Hall–Kier alpha value is -4.92. The van der Waals surface area contributed by atoms with E-state index in [0.717, 1.165) is 55.4 Å². The molecular formula is C44H49N3O6. The molecule has 8 saturated carbocycles. The highest BCUT2D eigenvalue weighted by Crippen LogP contribution is 2.69. The van der Waals surface area contributed by atoms with Gasteiger partial charge in [-0.3, -0.25) is 0 Å². The van der Waals surface area contributed by atoms with E-state index in [1.165, 1.54) is 38.5 Å². The summed E-state index contributed by atoms with van der Waals surface area (Å²) < 4.78 is 21.3. The molecule has 4 aromatic rings. The van der Waals surface area contributed by atoms with Gasteiger partial charge in [0.2, 0.25) is 0 Å². The number of nitrogen functional groups attached to an aromatic ring is 3. The van der Waals surface area contributed by atoms with Gasteiger partial charge in [0.05, 0.1) is 17.1 Å². The van der Waals surface area contributed by atoms with Crippen molar-refractivity contribution in [2.45, 2.75) is 87.9 Å². The molecule has 53 heavy (non-hydrogen) atoms. The molecule has 0 spiro atoms. The average molecular weight is 716 g/mol. The standard InChI is InChI=1S/C44H49N3O6/c45-32-13-29(1-4-35(32)48)51-38-16-39(52-30-2-5-36(49)33(46)14-30)41(44-20-26-10-27(21-44)12-28(11-26)22-44)42(53-31-3-6-37(50)34(47)15-31)40(38)43-17-23-7-24(18-43)9-25(8-23)19-43/h1-6,13-16,23-28,48-50H,7-12,17-22,45-47H2. The Balaban J connectivity index is 1.26. The topological polar surface area (TPSA) is 166 Å². The molecule has 4 aromatic carbocycles. The maximum Gasteiger partial charge on any atom is 0.142 e. The minimum absolute atomic E-state index is 0.00120. The maximum atomic E-state index is 10.5. The molecule has 8 aliphatic carbocycles. The first-order valence-electron chi connectivity index (χ1n) is 19.5. The second-order valence-corrected chi connectivity index (χ2v) is 17.8. The number of nitrogens with two attached hydrogens (primary N) is 3. The zero-order chi connectivity index (χ0) is 36.2. The van der Waals surface area contributed by atoms with E-state index in [0.29, 0.717) is 64.3 Å². The molecule has 9 heteroatoms. The highest BCUT2D eigenvalue weighted by Gasteiger charge is 2.58. The van der Waals surface area contributed by atoms with E-state index in [4.69, 9.17) is 31.4 Å². The lowest BCUT2D eigenvalue weighted by Crippen LogP contribution is -2.50. The van der Waals surface area contributed by atoms with Crippen molar-refractivity contribution in [1.82, 2.24) is 0 Å². The van der Waals surface area contributed by atoms with Crippen LogP contribution in [0.3, 0.4) is 0 Å². The highest BCUT2D eigenvalue weighted by molar-refractivity contribution is 5.68. The fourth-order valence-corrected chi connectivity index (χ4v) is 12.9. The number of rotatable bonds is 8. The number of anilines is 3. The van der Waals surface area contributed by atoms with Gasteiger partial charge < -0.3 is 46.7 Å². The number of benzene rings is 4. The van der Waals surface area contributed by atoms with Crippen molar-refractivity contribution >= 4 is 17.1 Å². The average Bonchev–Trinajstić information content (AvgIpc) is 3.08. The minimum atomic E-state index is -0.178. The molecule has 0 saturated heterocycles. The van der Waals surface area contributed by atoms with Gasteiger partial charge in [0.1, 0.15) is 51.7 Å². The zero-order valence-corrected chi connectivity index (χ0v) is 30.0. The third-order valence-corrected chi connectivity index (χ3v) is 14.0. The predicted octanol–water partition coefficient (Wildman–Crippen LogP) is 9.86. The van der Waals surface area contributed by atoms with Crippen LogP contribution in [-0.4, -0.2) is 15.3 Å². The molecular weight excluding hydrogens is 666 g/mol. The maximum absolute atomic E-state index is 10.5. The molecule has 0 aliphatic heterocycles. The van der Waals surface area contributed by atoms with Crippen molar-refractivity contribution in [1.29, 1.82) is 0 Å². The molecule has 12 rings (SSSR count). The summed E-state index contributed by atoms with van der Waals surface area (Å²) in [7, 11) is 0. The lowest BCUT2D eigenvalue weighted by atomic mass is 9.46. The van der Waals surface area contributed by atoms with Crippen molar-refractivity contribution in [2.75, 3.05) is 17.2 Å². The number of phenols is 3. The van der Waals surface area contributed by atoms with E-state index >= 15 is 0 Å². The van der Waals surface area contributed by atoms with Crippen molar-refractivity contribution in [3.63, 3.8) is 0 Å². The van der Waals surface area contributed by atoms with Gasteiger partial charge in [0.25, 0.3) is 0 Å². The molecule has 8 bridgehead atoms. The Morgan fingerprint density at radius 3 is 1.04 bits per heavy atom. The van der Waals surface area contributed by atoms with E-state index in [9.17, 15) is 15.3 Å². The van der Waals surface area contributed by atoms with Crippen LogP contribution in [0.1, 0.15) is 88.2 Å². The highest BCUT2D eigenvalue weighted by atomic mass is 16.5. The third-order valence-electron chi connectivity index (χ3n) is 14.0. The van der Waals surface area contributed by atoms with Crippen LogP contribution in [0.5, 0.6) is 51.7 Å². The number of ether oxygens (including phenoxy) is 3. The molecule has 0 radical (unpaired) electrons. The molecule has 0 amide bonds. The summed E-state index contributed by atoms with van der Waals surface area (Å²) in [5.74, 6) is 7.53. The van der Waals surface area contributed by atoms with Gasteiger partial charge in [-0.25, -0.2) is 0 Å². The zero-order valence-electron chi connectivity index (χ0n) is 30.0. The number of hydrogen-bond acceptors (Lipinski definition) is 9. The summed E-state index contributed by atoms with van der Waals surface area (Å²) in [5.41, 5.74) is 21.3. The van der Waals surface area contributed by atoms with E-state index < -0.39 is 0 Å². The van der Waals surface area contributed by atoms with Gasteiger partial charge in [-0.2, -0.15) is 0 Å². The van der Waals surface area contributed by atoms with Gasteiger partial charge in [-0.05, 0) is 149 Å². The van der Waals surface area contributed by atoms with Gasteiger partial charge in [-0.15, -0.1) is 0 Å². The molecule has 9 nitrogen and oxygen atoms in total. The first-order chi connectivity index (χ1) is 25.5. The van der Waals surface area contributed by atoms with Crippen LogP contribution in [0.15, 0.2) is 60.7 Å². The number of aromatic hydroxyl groups is 3. The van der Waals surface area contributed by atoms with E-state index in [1.807, 2.05) is 0 Å². The summed E-state index contributed by atoms with van der Waals surface area (Å²) >= 11 is 0. The Morgan fingerprint density at radius 2 is 0.736 bits per heavy atom. The van der Waals surface area contributed by atoms with Gasteiger partial charge >= 0.3 is 0 Å². The Morgan fingerprint density at radius 1 is 0.434 bits per heavy atom. The van der Waals surface area contributed by atoms with Crippen molar-refractivity contribution in [3.8, 4) is 51.7 Å². The lowest BCUT2D eigenvalue weighted by Gasteiger charge is -2.59. The summed E-state index contributed by atoms with van der Waals surface area (Å²) in [4.78, 5) is 0. The first-order valence-corrected chi connectivity index (χ1v) is 19.5. The van der Waals surface area contributed by atoms with Gasteiger partial charge in [0.15, 0.2) is 0 Å². The molecule has 8 fully saturated rings. The van der Waals surface area contributed by atoms with E-state index in [2.05, 4.69) is 6.07 Å². The van der Waals surface area contributed by atoms with Crippen molar-refractivity contribution < 1.29 is 29.5 Å². The van der Waals surface area contributed by atoms with Crippen LogP contribution in [0.25, 0.3) is 0 Å². The molecule has 276 valence electrons. The Kier molecular flexibility index (Phi) is 7.28. The van der Waals surface area contributed by atoms with Gasteiger partial charge in [-0.1, -0.05) is 0 Å². The molecule has 0 aromatic heterocycles. The smallest absolute Gasteiger partial charge is 0.142 e. The fraction of sp³-hybridized carbons (Fsp3) is 0.455. The minimum Gasteiger partial charge on any atom is -0.506 e. The normalized spacial score (nSPS) is 31.8. The van der Waals surface area contributed by atoms with Crippen LogP contribution in [0.4, 0.5) is 17.1 Å². The summed E-state index contributed by atoms with van der Waals surface area (Å²) in [6, 6.07) is 17.1. The van der Waals surface area contributed by atoms with Crippen LogP contribution in [0.2, 0.25) is 0 Å². The van der Waals surface area contributed by atoms with Crippen LogP contribution >= 0.6 is 0 Å². The lowest BCUT2D eigenvalue weighted by molar-refractivity contribution is -0.0110. The van der Waals surface area contributed by atoms with Crippen LogP contribution in [0, 0.1) is 35.5 Å². The molecule has 9 N–H and O–H groups in total. The van der Waals surface area contributed by atoms with Crippen molar-refractivity contribution in [2.24, 2.45) is 35.5 Å². The molecule has 8 aliphatic rings. The second-order valence-electron chi connectivity index (χ2n) is 17.8. The molecule has 0 unspecified atom stereocenters. The third kappa shape index (κ3) is 5.48. The predicted molar refractivity (Wildman–Crippen MR) is 204 cm³/mol. The number of hydrogen-bond donors (Lipinski definition) is 6.